The van der Waals surface area contributed by atoms with Gasteiger partial charge in [0.1, 0.15) is 5.69 Å². The largest absolute Gasteiger partial charge is 0.452 e. The van der Waals surface area contributed by atoms with E-state index in [1.165, 1.54) is 21.9 Å². The number of nitrogens with zero attached hydrogens (tertiary/aromatic N) is 5. The van der Waals surface area contributed by atoms with Gasteiger partial charge in [-0.3, -0.25) is 0 Å². The Morgan fingerprint density at radius 2 is 0.778 bits per heavy atom. The minimum absolute atomic E-state index is 0.554. The number of furan rings is 1. The summed E-state index contributed by atoms with van der Waals surface area (Å²) in [7, 11) is 0. The summed E-state index contributed by atoms with van der Waals surface area (Å²) in [5.74, 6) is 1.75. The number of para-hydroxylation sites is 4. The molecule has 0 aliphatic rings. The van der Waals surface area contributed by atoms with Crippen molar-refractivity contribution in [3.05, 3.63) is 212 Å². The van der Waals surface area contributed by atoms with E-state index in [9.17, 15) is 0 Å². The van der Waals surface area contributed by atoms with Crippen molar-refractivity contribution in [1.29, 1.82) is 0 Å². The summed E-state index contributed by atoms with van der Waals surface area (Å²) in [5, 5.41) is 6.70. The highest BCUT2D eigenvalue weighted by Gasteiger charge is 2.26. The highest BCUT2D eigenvalue weighted by Crippen LogP contribution is 2.45. The lowest BCUT2D eigenvalue weighted by Crippen LogP contribution is -2.04. The molecule has 0 saturated heterocycles. The van der Waals surface area contributed by atoms with Crippen LogP contribution in [0.3, 0.4) is 0 Å². The lowest BCUT2D eigenvalue weighted by Gasteiger charge is -2.15. The zero-order valence-corrected chi connectivity index (χ0v) is 33.9. The molecular formula is C57H35N5O. The first-order valence-corrected chi connectivity index (χ1v) is 21.2. The van der Waals surface area contributed by atoms with Gasteiger partial charge in [0.05, 0.1) is 27.8 Å². The molecule has 0 unspecified atom stereocenters. The molecule has 6 heteroatoms. The smallest absolute Gasteiger partial charge is 0.166 e. The van der Waals surface area contributed by atoms with Gasteiger partial charge < -0.3 is 13.6 Å². The molecule has 0 radical (unpaired) electrons. The van der Waals surface area contributed by atoms with Crippen LogP contribution in [-0.2, 0) is 0 Å². The summed E-state index contributed by atoms with van der Waals surface area (Å²) in [5.41, 5.74) is 12.7. The van der Waals surface area contributed by atoms with Crippen LogP contribution in [0.25, 0.3) is 122 Å². The van der Waals surface area contributed by atoms with Crippen LogP contribution in [0.2, 0.25) is 0 Å². The monoisotopic (exact) mass is 805 g/mol. The highest BCUT2D eigenvalue weighted by atomic mass is 16.3. The minimum atomic E-state index is 0.554. The van der Waals surface area contributed by atoms with E-state index in [4.69, 9.17) is 19.4 Å². The molecule has 0 aliphatic heterocycles. The van der Waals surface area contributed by atoms with Crippen molar-refractivity contribution >= 4 is 65.6 Å². The third-order valence-electron chi connectivity index (χ3n) is 12.4. The summed E-state index contributed by atoms with van der Waals surface area (Å²) in [6.45, 7) is 0. The summed E-state index contributed by atoms with van der Waals surface area (Å²) in [6.07, 6.45) is 0. The van der Waals surface area contributed by atoms with E-state index in [0.29, 0.717) is 17.5 Å². The van der Waals surface area contributed by atoms with Crippen LogP contribution in [0.15, 0.2) is 217 Å². The summed E-state index contributed by atoms with van der Waals surface area (Å²) < 4.78 is 12.1. The van der Waals surface area contributed by atoms with Crippen LogP contribution in [0.1, 0.15) is 0 Å². The van der Waals surface area contributed by atoms with Gasteiger partial charge in [0, 0.05) is 49.0 Å². The topological polar surface area (TPSA) is 61.7 Å². The molecule has 13 aromatic rings. The van der Waals surface area contributed by atoms with Gasteiger partial charge in [-0.1, -0.05) is 164 Å². The quantitative estimate of drug-likeness (QED) is 0.168. The third-order valence-corrected chi connectivity index (χ3v) is 12.4. The maximum atomic E-state index is 7.43. The van der Waals surface area contributed by atoms with Crippen molar-refractivity contribution in [2.45, 2.75) is 0 Å². The normalized spacial score (nSPS) is 11.8. The molecule has 0 bridgehead atoms. The highest BCUT2D eigenvalue weighted by molar-refractivity contribution is 6.17. The standard InChI is InChI=1S/C57H35N5O/c1-4-17-36(18-5-1)39-31-34-50-46(35-39)42-25-12-13-27-47(42)61(50)51-30-16-26-43-44-32-33-45(57-59-55(37-19-6-2-7-20-37)58-56(60-57)38-21-8-3-9-22-38)52(54(44)63-53(43)51)62-48-28-14-10-23-40(48)41-24-11-15-29-49(41)62/h1-35H. The molecule has 6 nitrogen and oxygen atoms in total. The van der Waals surface area contributed by atoms with E-state index in [-0.39, 0.29) is 0 Å². The maximum absolute atomic E-state index is 7.43. The first kappa shape index (κ1) is 35.2. The first-order chi connectivity index (χ1) is 31.3. The Bertz CT molecular complexity index is 3790. The van der Waals surface area contributed by atoms with Gasteiger partial charge in [-0.05, 0) is 59.7 Å². The molecular weight excluding hydrogens is 771 g/mol. The molecule has 9 aromatic carbocycles. The molecule has 0 amide bonds. The molecule has 0 aliphatic carbocycles. The van der Waals surface area contributed by atoms with Crippen LogP contribution in [0.4, 0.5) is 0 Å². The molecule has 0 N–H and O–H groups in total. The molecule has 0 fully saturated rings. The molecule has 294 valence electrons. The molecule has 4 aromatic heterocycles. The zero-order valence-electron chi connectivity index (χ0n) is 33.9. The molecule has 13 rings (SSSR count). The second-order valence-corrected chi connectivity index (χ2v) is 16.0. The second-order valence-electron chi connectivity index (χ2n) is 16.0. The van der Waals surface area contributed by atoms with Crippen molar-refractivity contribution in [1.82, 2.24) is 24.1 Å². The Kier molecular flexibility index (Phi) is 7.80. The molecule has 0 spiro atoms. The summed E-state index contributed by atoms with van der Waals surface area (Å²) >= 11 is 0. The fourth-order valence-electron chi connectivity index (χ4n) is 9.55. The van der Waals surface area contributed by atoms with Crippen molar-refractivity contribution in [2.24, 2.45) is 0 Å². The third kappa shape index (κ3) is 5.48. The van der Waals surface area contributed by atoms with Crippen molar-refractivity contribution in [3.8, 4) is 56.7 Å². The summed E-state index contributed by atoms with van der Waals surface area (Å²) in [4.78, 5) is 15.6. The van der Waals surface area contributed by atoms with Gasteiger partial charge in [-0.15, -0.1) is 0 Å². The van der Waals surface area contributed by atoms with Gasteiger partial charge in [0.2, 0.25) is 0 Å². The van der Waals surface area contributed by atoms with Gasteiger partial charge >= 0.3 is 0 Å². The zero-order chi connectivity index (χ0) is 41.4. The van der Waals surface area contributed by atoms with Gasteiger partial charge in [-0.2, -0.15) is 0 Å². The predicted octanol–water partition coefficient (Wildman–Crippen LogP) is 14.6. The Balaban J connectivity index is 1.13. The Labute approximate surface area is 361 Å². The first-order valence-electron chi connectivity index (χ1n) is 21.2. The molecule has 0 saturated carbocycles. The molecule has 4 heterocycles. The van der Waals surface area contributed by atoms with Gasteiger partial charge in [-0.25, -0.2) is 15.0 Å². The van der Waals surface area contributed by atoms with E-state index >= 15 is 0 Å². The Hall–Kier alpha value is -8.61. The number of rotatable bonds is 6. The van der Waals surface area contributed by atoms with E-state index in [2.05, 4.69) is 161 Å². The number of fused-ring (bicyclic) bond motifs is 9. The van der Waals surface area contributed by atoms with E-state index in [0.717, 1.165) is 82.8 Å². The van der Waals surface area contributed by atoms with E-state index in [1.54, 1.807) is 0 Å². The summed E-state index contributed by atoms with van der Waals surface area (Å²) in [6, 6.07) is 74.3. The molecule has 63 heavy (non-hydrogen) atoms. The van der Waals surface area contributed by atoms with Gasteiger partial charge in [0.15, 0.2) is 28.6 Å². The Morgan fingerprint density at radius 1 is 0.302 bits per heavy atom. The fraction of sp³-hybridized carbons (Fsp3) is 0. The average molecular weight is 806 g/mol. The van der Waals surface area contributed by atoms with Crippen LogP contribution < -0.4 is 0 Å². The SMILES string of the molecule is c1ccc(-c2ccc3c(c2)c2ccccc2n3-c2cccc3c2oc2c(-n4c5ccccc5c5ccccc54)c(-c4nc(-c5ccccc5)nc(-c5ccccc5)n4)ccc23)cc1. The fourth-order valence-corrected chi connectivity index (χ4v) is 9.55. The van der Waals surface area contributed by atoms with E-state index < -0.39 is 0 Å². The van der Waals surface area contributed by atoms with Gasteiger partial charge in [0.25, 0.3) is 0 Å². The Morgan fingerprint density at radius 3 is 1.40 bits per heavy atom. The number of hydrogen-bond acceptors (Lipinski definition) is 4. The second kappa shape index (κ2) is 14.0. The number of benzene rings is 9. The number of aromatic nitrogens is 5. The average Bonchev–Trinajstić information content (AvgIpc) is 4.02. The van der Waals surface area contributed by atoms with E-state index in [1.807, 2.05) is 60.7 Å². The maximum Gasteiger partial charge on any atom is 0.166 e. The minimum Gasteiger partial charge on any atom is -0.452 e. The lowest BCUT2D eigenvalue weighted by molar-refractivity contribution is 0.664. The number of hydrogen-bond donors (Lipinski definition) is 0. The van der Waals surface area contributed by atoms with Crippen molar-refractivity contribution < 1.29 is 4.42 Å². The lowest BCUT2D eigenvalue weighted by atomic mass is 10.0. The van der Waals surface area contributed by atoms with Crippen molar-refractivity contribution in [2.75, 3.05) is 0 Å². The van der Waals surface area contributed by atoms with Crippen LogP contribution >= 0.6 is 0 Å². The van der Waals surface area contributed by atoms with Crippen molar-refractivity contribution in [3.63, 3.8) is 0 Å². The van der Waals surface area contributed by atoms with Crippen LogP contribution in [0.5, 0.6) is 0 Å². The molecule has 0 atom stereocenters. The van der Waals surface area contributed by atoms with Crippen LogP contribution in [-0.4, -0.2) is 24.1 Å². The predicted molar refractivity (Wildman–Crippen MR) is 258 cm³/mol. The van der Waals surface area contributed by atoms with Crippen LogP contribution in [0, 0.1) is 0 Å².